The molecule has 0 bridgehead atoms. The molecule has 4 N–H and O–H groups in total. The van der Waals surface area contributed by atoms with Crippen molar-refractivity contribution in [1.82, 2.24) is 24.9 Å². The third kappa shape index (κ3) is 4.82. The molecule has 0 saturated heterocycles. The van der Waals surface area contributed by atoms with Gasteiger partial charge in [-0.2, -0.15) is 10.2 Å². The number of amides is 1. The van der Waals surface area contributed by atoms with Crippen molar-refractivity contribution in [3.05, 3.63) is 76.7 Å². The monoisotopic (exact) mass is 502 g/mol. The standard InChI is InChI=1S/C27H30N6O4/c1-27(2,3)23-11-24(33(31-23)13-16-5-7-19(37-4)8-6-16)29-20-9-18(34)10-22(35)25(20)26(36)32-14-17-12-28-30-21(17)15-32/h5-12,29,34-35H,13-15H2,1-4H3,(H,28,30). The van der Waals surface area contributed by atoms with Gasteiger partial charge in [0, 0.05) is 35.7 Å². The number of fused-ring (bicyclic) bond motifs is 1. The molecule has 1 aliphatic heterocycles. The lowest BCUT2D eigenvalue weighted by atomic mass is 9.92. The first-order valence-corrected chi connectivity index (χ1v) is 12.0. The van der Waals surface area contributed by atoms with Crippen molar-refractivity contribution in [2.24, 2.45) is 0 Å². The lowest BCUT2D eigenvalue weighted by Gasteiger charge is -2.20. The molecular weight excluding hydrogens is 472 g/mol. The molecule has 1 amide bonds. The van der Waals surface area contributed by atoms with Crippen LogP contribution in [0.5, 0.6) is 17.2 Å². The zero-order valence-corrected chi connectivity index (χ0v) is 21.2. The Morgan fingerprint density at radius 2 is 1.89 bits per heavy atom. The number of phenolic OH excluding ortho intramolecular Hbond substituents is 2. The lowest BCUT2D eigenvalue weighted by molar-refractivity contribution is 0.0747. The van der Waals surface area contributed by atoms with Crippen molar-refractivity contribution in [1.29, 1.82) is 0 Å². The van der Waals surface area contributed by atoms with Gasteiger partial charge in [0.15, 0.2) is 0 Å². The number of carbonyl (C=O) groups excluding carboxylic acids is 1. The maximum Gasteiger partial charge on any atom is 0.260 e. The van der Waals surface area contributed by atoms with Crippen LogP contribution in [0.3, 0.4) is 0 Å². The van der Waals surface area contributed by atoms with E-state index < -0.39 is 0 Å². The zero-order chi connectivity index (χ0) is 26.3. The third-order valence-electron chi connectivity index (χ3n) is 6.42. The number of hydrogen-bond acceptors (Lipinski definition) is 7. The van der Waals surface area contributed by atoms with Gasteiger partial charge in [0.05, 0.1) is 43.5 Å². The van der Waals surface area contributed by atoms with E-state index in [-0.39, 0.29) is 34.1 Å². The van der Waals surface area contributed by atoms with E-state index in [4.69, 9.17) is 9.84 Å². The first-order chi connectivity index (χ1) is 17.6. The average Bonchev–Trinajstić information content (AvgIpc) is 3.54. The number of carbonyl (C=O) groups is 1. The van der Waals surface area contributed by atoms with Crippen LogP contribution >= 0.6 is 0 Å². The summed E-state index contributed by atoms with van der Waals surface area (Å²) in [5.74, 6) is 0.556. The number of phenols is 2. The van der Waals surface area contributed by atoms with E-state index in [0.29, 0.717) is 25.5 Å². The van der Waals surface area contributed by atoms with Crippen LogP contribution in [-0.2, 0) is 25.0 Å². The molecule has 0 aliphatic carbocycles. The molecule has 0 atom stereocenters. The Morgan fingerprint density at radius 1 is 1.14 bits per heavy atom. The van der Waals surface area contributed by atoms with Gasteiger partial charge in [0.25, 0.3) is 5.91 Å². The minimum atomic E-state index is -0.359. The van der Waals surface area contributed by atoms with E-state index in [0.717, 1.165) is 28.3 Å². The number of aromatic nitrogens is 4. The number of aromatic hydroxyl groups is 2. The van der Waals surface area contributed by atoms with Gasteiger partial charge in [0.1, 0.15) is 28.6 Å². The number of nitrogens with zero attached hydrogens (tertiary/aromatic N) is 4. The number of aromatic amines is 1. The Hall–Kier alpha value is -4.47. The SMILES string of the molecule is COc1ccc(Cn2nc(C(C)(C)C)cc2Nc2cc(O)cc(O)c2C(=O)N2Cc3cn[nH]c3C2)cc1. The van der Waals surface area contributed by atoms with Gasteiger partial charge >= 0.3 is 0 Å². The molecule has 4 aromatic rings. The van der Waals surface area contributed by atoms with Crippen molar-refractivity contribution in [2.45, 2.75) is 45.8 Å². The number of methoxy groups -OCH3 is 1. The fraction of sp³-hybridized carbons (Fsp3) is 0.296. The topological polar surface area (TPSA) is 129 Å². The highest BCUT2D eigenvalue weighted by Gasteiger charge is 2.30. The summed E-state index contributed by atoms with van der Waals surface area (Å²) in [4.78, 5) is 15.2. The number of anilines is 2. The fourth-order valence-electron chi connectivity index (χ4n) is 4.35. The maximum atomic E-state index is 13.5. The number of rotatable bonds is 6. The van der Waals surface area contributed by atoms with Crippen molar-refractivity contribution in [2.75, 3.05) is 12.4 Å². The Kier molecular flexibility index (Phi) is 6.02. The van der Waals surface area contributed by atoms with Crippen molar-refractivity contribution >= 4 is 17.4 Å². The second-order valence-corrected chi connectivity index (χ2v) is 10.2. The molecule has 0 radical (unpaired) electrons. The van der Waals surface area contributed by atoms with Gasteiger partial charge in [-0.05, 0) is 17.7 Å². The molecule has 10 heteroatoms. The summed E-state index contributed by atoms with van der Waals surface area (Å²) in [6, 6.07) is 12.2. The molecule has 3 heterocycles. The molecule has 37 heavy (non-hydrogen) atoms. The fourth-order valence-corrected chi connectivity index (χ4v) is 4.35. The summed E-state index contributed by atoms with van der Waals surface area (Å²) in [7, 11) is 1.62. The molecule has 192 valence electrons. The second kappa shape index (κ2) is 9.20. The van der Waals surface area contributed by atoms with Crippen LogP contribution in [0.1, 0.15) is 53.6 Å². The number of ether oxygens (including phenoxy) is 1. The molecule has 1 aliphatic rings. The minimum absolute atomic E-state index is 0.0745. The smallest absolute Gasteiger partial charge is 0.260 e. The van der Waals surface area contributed by atoms with Gasteiger partial charge < -0.3 is 25.2 Å². The van der Waals surface area contributed by atoms with Gasteiger partial charge in [-0.3, -0.25) is 9.89 Å². The molecule has 2 aromatic carbocycles. The van der Waals surface area contributed by atoms with Gasteiger partial charge in [-0.1, -0.05) is 32.9 Å². The van der Waals surface area contributed by atoms with Gasteiger partial charge in [0.2, 0.25) is 0 Å². The van der Waals surface area contributed by atoms with E-state index in [1.807, 2.05) is 35.0 Å². The highest BCUT2D eigenvalue weighted by molar-refractivity contribution is 6.03. The highest BCUT2D eigenvalue weighted by atomic mass is 16.5. The predicted molar refractivity (Wildman–Crippen MR) is 138 cm³/mol. The van der Waals surface area contributed by atoms with Gasteiger partial charge in [-0.25, -0.2) is 4.68 Å². The van der Waals surface area contributed by atoms with Crippen molar-refractivity contribution in [3.8, 4) is 17.2 Å². The summed E-state index contributed by atoms with van der Waals surface area (Å²) in [6.45, 7) is 7.42. The van der Waals surface area contributed by atoms with Crippen LogP contribution in [0, 0.1) is 0 Å². The Morgan fingerprint density at radius 3 is 2.57 bits per heavy atom. The van der Waals surface area contributed by atoms with Crippen LogP contribution in [0.25, 0.3) is 0 Å². The first-order valence-electron chi connectivity index (χ1n) is 12.0. The number of hydrogen-bond donors (Lipinski definition) is 4. The van der Waals surface area contributed by atoms with Crippen LogP contribution in [0.2, 0.25) is 0 Å². The van der Waals surface area contributed by atoms with Crippen LogP contribution in [0.15, 0.2) is 48.7 Å². The molecule has 10 nitrogen and oxygen atoms in total. The minimum Gasteiger partial charge on any atom is -0.508 e. The molecule has 0 fully saturated rings. The Bertz CT molecular complexity index is 1430. The molecule has 0 spiro atoms. The normalized spacial score (nSPS) is 13.0. The van der Waals surface area contributed by atoms with Crippen molar-refractivity contribution < 1.29 is 19.7 Å². The third-order valence-corrected chi connectivity index (χ3v) is 6.42. The summed E-state index contributed by atoms with van der Waals surface area (Å²) in [6.07, 6.45) is 1.70. The van der Waals surface area contributed by atoms with Crippen LogP contribution in [0.4, 0.5) is 11.5 Å². The molecule has 5 rings (SSSR count). The lowest BCUT2D eigenvalue weighted by Crippen LogP contribution is -2.26. The predicted octanol–water partition coefficient (Wildman–Crippen LogP) is 4.27. The number of benzene rings is 2. The summed E-state index contributed by atoms with van der Waals surface area (Å²) in [5.41, 5.74) is 3.80. The van der Waals surface area contributed by atoms with Gasteiger partial charge in [-0.15, -0.1) is 0 Å². The van der Waals surface area contributed by atoms with E-state index in [1.165, 1.54) is 12.1 Å². The number of H-pyrrole nitrogens is 1. The summed E-state index contributed by atoms with van der Waals surface area (Å²) < 4.78 is 7.07. The van der Waals surface area contributed by atoms with Crippen LogP contribution in [-0.4, -0.2) is 48.1 Å². The highest BCUT2D eigenvalue weighted by Crippen LogP contribution is 2.36. The van der Waals surface area contributed by atoms with E-state index in [1.54, 1.807) is 18.2 Å². The van der Waals surface area contributed by atoms with E-state index in [9.17, 15) is 15.0 Å². The summed E-state index contributed by atoms with van der Waals surface area (Å²) in [5, 5.41) is 36.0. The molecule has 0 unspecified atom stereocenters. The molecular formula is C27H30N6O4. The van der Waals surface area contributed by atoms with E-state index in [2.05, 4.69) is 36.3 Å². The summed E-state index contributed by atoms with van der Waals surface area (Å²) >= 11 is 0. The largest absolute Gasteiger partial charge is 0.508 e. The van der Waals surface area contributed by atoms with Crippen molar-refractivity contribution in [3.63, 3.8) is 0 Å². The Labute approximate surface area is 214 Å². The van der Waals surface area contributed by atoms with E-state index >= 15 is 0 Å². The quantitative estimate of drug-likeness (QED) is 0.310. The molecule has 2 aromatic heterocycles. The first kappa shape index (κ1) is 24.2. The number of nitrogens with one attached hydrogen (secondary N) is 2. The Balaban J connectivity index is 1.50. The maximum absolute atomic E-state index is 13.5. The second-order valence-electron chi connectivity index (χ2n) is 10.2. The zero-order valence-electron chi connectivity index (χ0n) is 21.2. The molecule has 0 saturated carbocycles. The van der Waals surface area contributed by atoms with Crippen LogP contribution < -0.4 is 10.1 Å². The average molecular weight is 503 g/mol.